The molecule has 0 radical (unpaired) electrons. The zero-order valence-corrected chi connectivity index (χ0v) is 18.7. The number of esters is 1. The Morgan fingerprint density at radius 3 is 2.66 bits per heavy atom. The number of amides is 1. The van der Waals surface area contributed by atoms with Crippen molar-refractivity contribution < 1.29 is 19.4 Å². The number of H-pyrrole nitrogens is 1. The molecular weight excluding hydrogens is 450 g/mol. The number of cyclic esters (lactones) is 1. The van der Waals surface area contributed by atoms with Crippen molar-refractivity contribution in [3.63, 3.8) is 0 Å². The van der Waals surface area contributed by atoms with Crippen LogP contribution in [0.4, 0.5) is 0 Å². The van der Waals surface area contributed by atoms with Gasteiger partial charge in [0.15, 0.2) is 0 Å². The summed E-state index contributed by atoms with van der Waals surface area (Å²) >= 11 is 7.84. The molecule has 2 atom stereocenters. The first-order valence-electron chi connectivity index (χ1n) is 10.3. The predicted octanol–water partition coefficient (Wildman–Crippen LogP) is 2.78. The first-order valence-corrected chi connectivity index (χ1v) is 11.9. The van der Waals surface area contributed by atoms with E-state index in [-0.39, 0.29) is 12.1 Å². The van der Waals surface area contributed by atoms with Crippen LogP contribution >= 0.6 is 23.4 Å². The number of hydrogen-bond acceptors (Lipinski definition) is 6. The Morgan fingerprint density at radius 2 is 1.94 bits per heavy atom. The molecule has 3 heterocycles. The van der Waals surface area contributed by atoms with E-state index in [1.807, 2.05) is 35.2 Å². The predicted molar refractivity (Wildman–Crippen MR) is 124 cm³/mol. The minimum Gasteiger partial charge on any atom is -0.418 e. The van der Waals surface area contributed by atoms with Crippen molar-refractivity contribution in [2.24, 2.45) is 0 Å². The van der Waals surface area contributed by atoms with Crippen molar-refractivity contribution in [2.75, 3.05) is 24.6 Å². The van der Waals surface area contributed by atoms with Gasteiger partial charge in [-0.1, -0.05) is 41.9 Å². The number of fused-ring (bicyclic) bond motifs is 1. The molecule has 1 aromatic heterocycles. The third kappa shape index (κ3) is 3.47. The lowest BCUT2D eigenvalue weighted by Crippen LogP contribution is -2.86. The molecule has 3 N–H and O–H groups in total. The Morgan fingerprint density at radius 1 is 1.19 bits per heavy atom. The minimum absolute atomic E-state index is 0.0267. The lowest BCUT2D eigenvalue weighted by molar-refractivity contribution is -0.322. The van der Waals surface area contributed by atoms with Crippen molar-refractivity contribution in [3.05, 3.63) is 70.9 Å². The smallest absolute Gasteiger partial charge is 0.349 e. The first-order chi connectivity index (χ1) is 15.4. The van der Waals surface area contributed by atoms with Crippen LogP contribution in [0.2, 0.25) is 5.02 Å². The highest BCUT2D eigenvalue weighted by atomic mass is 35.5. The molecule has 7 nitrogen and oxygen atoms in total. The monoisotopic (exact) mass is 471 g/mol. The van der Waals surface area contributed by atoms with Gasteiger partial charge in [-0.15, -0.1) is 0 Å². The molecular formula is C23H22ClN3O4S. The van der Waals surface area contributed by atoms with Crippen molar-refractivity contribution in [3.8, 4) is 0 Å². The SMILES string of the molecule is O=C(N[C@@]1(N2CCSCC2)OC(=O)[C@@]1(O)Cc1ccccc1)c1cc2cc(Cl)ccc2[nH]1. The zero-order chi connectivity index (χ0) is 22.3. The number of ether oxygens (including phenoxy) is 1. The zero-order valence-electron chi connectivity index (χ0n) is 17.1. The Labute approximate surface area is 194 Å². The van der Waals surface area contributed by atoms with E-state index in [1.54, 1.807) is 36.0 Å². The third-order valence-electron chi connectivity index (χ3n) is 6.01. The number of halogens is 1. The Balaban J connectivity index is 1.50. The van der Waals surface area contributed by atoms with Gasteiger partial charge in [0.1, 0.15) is 5.69 Å². The quantitative estimate of drug-likeness (QED) is 0.495. The summed E-state index contributed by atoms with van der Waals surface area (Å²) < 4.78 is 5.60. The number of rotatable bonds is 5. The van der Waals surface area contributed by atoms with Gasteiger partial charge >= 0.3 is 5.97 Å². The van der Waals surface area contributed by atoms with Crippen LogP contribution in [-0.2, 0) is 16.0 Å². The van der Waals surface area contributed by atoms with E-state index in [0.29, 0.717) is 18.1 Å². The first kappa shape index (κ1) is 21.3. The van der Waals surface area contributed by atoms with Gasteiger partial charge in [0.2, 0.25) is 5.60 Å². The molecule has 0 aliphatic carbocycles. The molecule has 2 aliphatic heterocycles. The summed E-state index contributed by atoms with van der Waals surface area (Å²) in [4.78, 5) is 30.8. The third-order valence-corrected chi connectivity index (χ3v) is 7.19. The number of nitrogens with one attached hydrogen (secondary N) is 2. The summed E-state index contributed by atoms with van der Waals surface area (Å²) in [6.07, 6.45) is 0.0267. The largest absolute Gasteiger partial charge is 0.418 e. The number of hydrogen-bond donors (Lipinski definition) is 3. The highest BCUT2D eigenvalue weighted by Crippen LogP contribution is 2.43. The van der Waals surface area contributed by atoms with E-state index in [1.165, 1.54) is 0 Å². The standard InChI is InChI=1S/C23H22ClN3O4S/c24-17-6-7-18-16(12-17)13-19(25-18)20(28)26-23(27-8-10-32-11-9-27)22(30,21(29)31-23)14-15-4-2-1-3-5-15/h1-7,12-13,25,30H,8-11,14H2,(H,26,28)/t22-,23-/m0/s1. The molecule has 2 fully saturated rings. The molecule has 0 spiro atoms. The second-order valence-electron chi connectivity index (χ2n) is 8.02. The molecule has 166 valence electrons. The van der Waals surface area contributed by atoms with Gasteiger partial charge in [-0.3, -0.25) is 10.1 Å². The lowest BCUT2D eigenvalue weighted by Gasteiger charge is -2.58. The molecule has 5 rings (SSSR count). The fourth-order valence-electron chi connectivity index (χ4n) is 4.34. The number of aliphatic hydroxyl groups is 1. The highest BCUT2D eigenvalue weighted by Gasteiger charge is 2.73. The summed E-state index contributed by atoms with van der Waals surface area (Å²) in [6, 6.07) is 16.2. The molecule has 1 amide bonds. The van der Waals surface area contributed by atoms with Crippen LogP contribution in [0.5, 0.6) is 0 Å². The highest BCUT2D eigenvalue weighted by molar-refractivity contribution is 7.99. The van der Waals surface area contributed by atoms with Gasteiger partial charge in [-0.25, -0.2) is 9.69 Å². The Hall–Kier alpha value is -2.52. The van der Waals surface area contributed by atoms with Crippen molar-refractivity contribution >= 4 is 46.1 Å². The minimum atomic E-state index is -1.92. The number of nitrogens with zero attached hydrogens (tertiary/aromatic N) is 1. The summed E-state index contributed by atoms with van der Waals surface area (Å²) in [5.41, 5.74) is -0.0930. The van der Waals surface area contributed by atoms with Gasteiger partial charge < -0.3 is 14.8 Å². The maximum Gasteiger partial charge on any atom is 0.349 e. The number of aromatic amines is 1. The number of thioether (sulfide) groups is 1. The summed E-state index contributed by atoms with van der Waals surface area (Å²) in [7, 11) is 0. The Kier molecular flexibility index (Phi) is 5.41. The molecule has 0 saturated carbocycles. The summed E-state index contributed by atoms with van der Waals surface area (Å²) in [6.45, 7) is 1.13. The van der Waals surface area contributed by atoms with Gasteiger partial charge in [0.05, 0.1) is 0 Å². The van der Waals surface area contributed by atoms with Crippen LogP contribution < -0.4 is 5.32 Å². The molecule has 0 unspecified atom stereocenters. The van der Waals surface area contributed by atoms with Crippen molar-refractivity contribution in [1.82, 2.24) is 15.2 Å². The van der Waals surface area contributed by atoms with Crippen LogP contribution in [0.3, 0.4) is 0 Å². The van der Waals surface area contributed by atoms with E-state index < -0.39 is 23.3 Å². The topological polar surface area (TPSA) is 94.7 Å². The van der Waals surface area contributed by atoms with Gasteiger partial charge in [-0.05, 0) is 29.8 Å². The second kappa shape index (κ2) is 8.12. The van der Waals surface area contributed by atoms with Gasteiger partial charge in [0.25, 0.3) is 11.8 Å². The number of carbonyl (C=O) groups excluding carboxylic acids is 2. The number of carbonyl (C=O) groups is 2. The van der Waals surface area contributed by atoms with E-state index in [2.05, 4.69) is 10.3 Å². The fraction of sp³-hybridized carbons (Fsp3) is 0.304. The van der Waals surface area contributed by atoms with Crippen LogP contribution in [0.1, 0.15) is 16.1 Å². The van der Waals surface area contributed by atoms with E-state index in [4.69, 9.17) is 16.3 Å². The van der Waals surface area contributed by atoms with Crippen LogP contribution in [0, 0.1) is 0 Å². The van der Waals surface area contributed by atoms with Crippen LogP contribution in [-0.4, -0.2) is 62.9 Å². The molecule has 9 heteroatoms. The molecule has 0 bridgehead atoms. The van der Waals surface area contributed by atoms with Crippen LogP contribution in [0.25, 0.3) is 10.9 Å². The van der Waals surface area contributed by atoms with Gasteiger partial charge in [0, 0.05) is 46.9 Å². The lowest BCUT2D eigenvalue weighted by atomic mass is 9.82. The van der Waals surface area contributed by atoms with Gasteiger partial charge in [-0.2, -0.15) is 11.8 Å². The molecule has 2 aromatic carbocycles. The summed E-state index contributed by atoms with van der Waals surface area (Å²) in [5.74, 6) is -1.26. The summed E-state index contributed by atoms with van der Waals surface area (Å²) in [5, 5.41) is 15.8. The maximum atomic E-state index is 13.3. The van der Waals surface area contributed by atoms with E-state index in [0.717, 1.165) is 28.0 Å². The Bertz CT molecular complexity index is 1180. The molecule has 2 saturated heterocycles. The van der Waals surface area contributed by atoms with E-state index in [9.17, 15) is 14.7 Å². The second-order valence-corrected chi connectivity index (χ2v) is 9.69. The van der Waals surface area contributed by atoms with Crippen molar-refractivity contribution in [1.29, 1.82) is 0 Å². The van der Waals surface area contributed by atoms with Crippen LogP contribution in [0.15, 0.2) is 54.6 Å². The average molecular weight is 472 g/mol. The molecule has 3 aromatic rings. The van der Waals surface area contributed by atoms with E-state index >= 15 is 0 Å². The number of benzene rings is 2. The fourth-order valence-corrected chi connectivity index (χ4v) is 5.42. The number of aromatic nitrogens is 1. The molecule has 2 aliphatic rings. The maximum absolute atomic E-state index is 13.3. The molecule has 32 heavy (non-hydrogen) atoms. The average Bonchev–Trinajstić information content (AvgIpc) is 3.23. The normalized spacial score (nSPS) is 25.9. The van der Waals surface area contributed by atoms with Crippen molar-refractivity contribution in [2.45, 2.75) is 17.9 Å².